The van der Waals surface area contributed by atoms with E-state index in [0.717, 1.165) is 39.8 Å². The van der Waals surface area contributed by atoms with Gasteiger partial charge in [0.1, 0.15) is 12.2 Å². The van der Waals surface area contributed by atoms with Crippen LogP contribution in [0.2, 0.25) is 0 Å². The van der Waals surface area contributed by atoms with E-state index in [1.807, 2.05) is 54.1 Å². The average Bonchev–Trinajstić information content (AvgIpc) is 3.71. The predicted octanol–water partition coefficient (Wildman–Crippen LogP) is 4.42. The Labute approximate surface area is 311 Å². The number of pyridine rings is 1. The smallest absolute Gasteiger partial charge is 0.379 e. The first-order valence-corrected chi connectivity index (χ1v) is 18.2. The molecule has 0 unspecified atom stereocenters. The number of alkyl halides is 3. The molecule has 2 fully saturated rings. The summed E-state index contributed by atoms with van der Waals surface area (Å²) in [5.41, 5.74) is 7.43. The highest BCUT2D eigenvalue weighted by Gasteiger charge is 2.42. The largest absolute Gasteiger partial charge is 0.418 e. The Kier molecular flexibility index (Phi) is 11.6. The maximum absolute atomic E-state index is 14.5. The van der Waals surface area contributed by atoms with Gasteiger partial charge in [-0.2, -0.15) is 13.2 Å². The van der Waals surface area contributed by atoms with Crippen molar-refractivity contribution in [1.82, 2.24) is 28.6 Å². The third-order valence-electron chi connectivity index (χ3n) is 10.3. The monoisotopic (exact) mass is 749 g/mol. The number of halogens is 3. The van der Waals surface area contributed by atoms with Crippen molar-refractivity contribution in [3.63, 3.8) is 0 Å². The minimum Gasteiger partial charge on any atom is -0.379 e. The lowest BCUT2D eigenvalue weighted by molar-refractivity contribution is -0.136. The van der Waals surface area contributed by atoms with Crippen LogP contribution in [-0.2, 0) is 63.8 Å². The SMILES string of the molecule is Cn1cnnc1CC1(c2cccc(-n3cc4c(C(F)(F)F)cc(CN5CCC(OCCOCc6ccc(COCCN)cc6)CC5)cn4c3=O)c2)COC1. The Bertz CT molecular complexity index is 2070. The zero-order valence-corrected chi connectivity index (χ0v) is 30.3. The highest BCUT2D eigenvalue weighted by atomic mass is 19.4. The molecule has 2 saturated heterocycles. The zero-order chi connectivity index (χ0) is 37.7. The normalized spacial score (nSPS) is 16.6. The van der Waals surface area contributed by atoms with E-state index in [2.05, 4.69) is 15.1 Å². The van der Waals surface area contributed by atoms with Crippen molar-refractivity contribution >= 4 is 5.52 Å². The van der Waals surface area contributed by atoms with Crippen molar-refractivity contribution < 1.29 is 32.1 Å². The fourth-order valence-electron chi connectivity index (χ4n) is 7.18. The zero-order valence-electron chi connectivity index (χ0n) is 30.3. The Hall–Kier alpha value is -4.38. The maximum Gasteiger partial charge on any atom is 0.418 e. The topological polar surface area (TPSA) is 123 Å². The van der Waals surface area contributed by atoms with E-state index in [9.17, 15) is 18.0 Å². The van der Waals surface area contributed by atoms with Crippen LogP contribution < -0.4 is 11.4 Å². The molecule has 0 amide bonds. The van der Waals surface area contributed by atoms with E-state index in [1.54, 1.807) is 12.4 Å². The van der Waals surface area contributed by atoms with Gasteiger partial charge in [0.15, 0.2) is 0 Å². The quantitative estimate of drug-likeness (QED) is 0.146. The molecule has 15 heteroatoms. The van der Waals surface area contributed by atoms with Crippen LogP contribution in [0.15, 0.2) is 78.1 Å². The Morgan fingerprint density at radius 2 is 1.67 bits per heavy atom. The molecule has 3 aromatic heterocycles. The first kappa shape index (κ1) is 37.9. The van der Waals surface area contributed by atoms with Gasteiger partial charge in [-0.15, -0.1) is 10.2 Å². The average molecular weight is 750 g/mol. The minimum atomic E-state index is -4.66. The highest BCUT2D eigenvalue weighted by molar-refractivity contribution is 5.58. The standard InChI is InChI=1S/C39H46F3N7O5/c1-46-27-44-45-36(46)19-38(25-53-26-38)31-3-2-4-32(18-31)48-22-35-34(39(40,41)42)17-30(21-49(35)37(48)50)20-47-12-9-33(10-13-47)54-16-15-52-24-29-7-5-28(6-8-29)23-51-14-11-43/h2-8,17-18,21-22,27,33H,9-16,19-20,23-26,43H2,1H3. The van der Waals surface area contributed by atoms with Crippen LogP contribution in [0.5, 0.6) is 0 Å². The van der Waals surface area contributed by atoms with Gasteiger partial charge in [-0.05, 0) is 53.3 Å². The molecule has 0 radical (unpaired) electrons. The van der Waals surface area contributed by atoms with E-state index >= 15 is 0 Å². The molecule has 0 aliphatic carbocycles. The number of nitrogens with zero attached hydrogens (tertiary/aromatic N) is 6. The number of nitrogens with two attached hydrogens (primary N) is 1. The Morgan fingerprint density at radius 1 is 0.944 bits per heavy atom. The van der Waals surface area contributed by atoms with Crippen LogP contribution in [0.1, 0.15) is 46.5 Å². The van der Waals surface area contributed by atoms with Gasteiger partial charge in [-0.25, -0.2) is 4.79 Å². The van der Waals surface area contributed by atoms with Gasteiger partial charge >= 0.3 is 11.9 Å². The molecule has 7 rings (SSSR count). The second kappa shape index (κ2) is 16.6. The number of aryl methyl sites for hydroxylation is 1. The number of imidazole rings is 1. The molecular weight excluding hydrogens is 703 g/mol. The van der Waals surface area contributed by atoms with Crippen LogP contribution in [0, 0.1) is 0 Å². The first-order chi connectivity index (χ1) is 26.1. The van der Waals surface area contributed by atoms with E-state index < -0.39 is 17.4 Å². The van der Waals surface area contributed by atoms with Crippen LogP contribution in [0.3, 0.4) is 0 Å². The molecule has 12 nitrogen and oxygen atoms in total. The first-order valence-electron chi connectivity index (χ1n) is 18.2. The van der Waals surface area contributed by atoms with Crippen molar-refractivity contribution in [1.29, 1.82) is 0 Å². The number of fused-ring (bicyclic) bond motifs is 1. The molecule has 2 aliphatic heterocycles. The fourth-order valence-corrected chi connectivity index (χ4v) is 7.18. The van der Waals surface area contributed by atoms with Gasteiger partial charge in [0.25, 0.3) is 0 Å². The third kappa shape index (κ3) is 8.61. The molecule has 0 spiro atoms. The van der Waals surface area contributed by atoms with Gasteiger partial charge in [0, 0.05) is 57.5 Å². The van der Waals surface area contributed by atoms with E-state index in [1.165, 1.54) is 23.0 Å². The van der Waals surface area contributed by atoms with Gasteiger partial charge < -0.3 is 29.2 Å². The Balaban J connectivity index is 0.964. The van der Waals surface area contributed by atoms with Crippen LogP contribution in [0.25, 0.3) is 11.2 Å². The molecule has 5 aromatic rings. The number of benzene rings is 2. The summed E-state index contributed by atoms with van der Waals surface area (Å²) in [7, 11) is 1.87. The maximum atomic E-state index is 14.5. The second-order valence-corrected chi connectivity index (χ2v) is 14.2. The van der Waals surface area contributed by atoms with Gasteiger partial charge in [0.05, 0.1) is 69.1 Å². The highest BCUT2D eigenvalue weighted by Crippen LogP contribution is 2.37. The second-order valence-electron chi connectivity index (χ2n) is 14.2. The molecule has 0 bridgehead atoms. The molecule has 0 saturated carbocycles. The molecular formula is C39H46F3N7O5. The van der Waals surface area contributed by atoms with E-state index in [-0.39, 0.29) is 23.6 Å². The predicted molar refractivity (Wildman–Crippen MR) is 194 cm³/mol. The van der Waals surface area contributed by atoms with E-state index in [4.69, 9.17) is 24.7 Å². The minimum absolute atomic E-state index is 0.0457. The molecule has 2 N–H and O–H groups in total. The molecule has 288 valence electrons. The summed E-state index contributed by atoms with van der Waals surface area (Å²) in [6.45, 7) is 5.48. The van der Waals surface area contributed by atoms with Crippen molar-refractivity contribution in [3.8, 4) is 5.69 Å². The molecule has 5 heterocycles. The summed E-state index contributed by atoms with van der Waals surface area (Å²) in [5, 5.41) is 8.21. The van der Waals surface area contributed by atoms with Crippen molar-refractivity contribution in [2.24, 2.45) is 12.8 Å². The molecule has 54 heavy (non-hydrogen) atoms. The van der Waals surface area contributed by atoms with Crippen molar-refractivity contribution in [3.05, 3.63) is 117 Å². The summed E-state index contributed by atoms with van der Waals surface area (Å²) < 4.78 is 70.7. The summed E-state index contributed by atoms with van der Waals surface area (Å²) in [6, 6.07) is 16.6. The number of ether oxygens (including phenoxy) is 4. The number of aromatic nitrogens is 5. The third-order valence-corrected chi connectivity index (χ3v) is 10.3. The number of hydrogen-bond donors (Lipinski definition) is 1. The van der Waals surface area contributed by atoms with Gasteiger partial charge in [0.2, 0.25) is 0 Å². The van der Waals surface area contributed by atoms with Gasteiger partial charge in [-0.3, -0.25) is 13.9 Å². The number of hydrogen-bond acceptors (Lipinski definition) is 9. The van der Waals surface area contributed by atoms with Crippen LogP contribution in [-0.4, -0.2) is 87.4 Å². The summed E-state index contributed by atoms with van der Waals surface area (Å²) in [5.74, 6) is 0.791. The lowest BCUT2D eigenvalue weighted by Gasteiger charge is -2.41. The van der Waals surface area contributed by atoms with Gasteiger partial charge in [-0.1, -0.05) is 36.4 Å². The van der Waals surface area contributed by atoms with Crippen LogP contribution in [0.4, 0.5) is 13.2 Å². The fraction of sp³-hybridized carbons (Fsp3) is 0.462. The number of rotatable bonds is 16. The Morgan fingerprint density at radius 3 is 2.30 bits per heavy atom. The van der Waals surface area contributed by atoms with Crippen LogP contribution >= 0.6 is 0 Å². The summed E-state index contributed by atoms with van der Waals surface area (Å²) in [6.07, 6.45) is 1.91. The molecule has 0 atom stereocenters. The number of likely N-dealkylation sites (tertiary alicyclic amines) is 1. The summed E-state index contributed by atoms with van der Waals surface area (Å²) in [4.78, 5) is 15.9. The van der Waals surface area contributed by atoms with Crippen molar-refractivity contribution in [2.45, 2.75) is 56.7 Å². The van der Waals surface area contributed by atoms with E-state index in [0.29, 0.717) is 83.6 Å². The molecule has 2 aromatic carbocycles. The lowest BCUT2D eigenvalue weighted by atomic mass is 9.75. The lowest BCUT2D eigenvalue weighted by Crippen LogP contribution is -2.49. The van der Waals surface area contributed by atoms with Crippen molar-refractivity contribution in [2.75, 3.05) is 52.7 Å². The number of piperidine rings is 1. The summed E-state index contributed by atoms with van der Waals surface area (Å²) >= 11 is 0. The molecule has 2 aliphatic rings.